The molecule has 0 aromatic heterocycles. The first-order chi connectivity index (χ1) is 9.94. The van der Waals surface area contributed by atoms with Gasteiger partial charge in [0.15, 0.2) is 16.4 Å². The van der Waals surface area contributed by atoms with Crippen molar-refractivity contribution in [1.82, 2.24) is 5.32 Å². The molecular formula is C13H21NO5S2. The van der Waals surface area contributed by atoms with E-state index < -0.39 is 15.7 Å². The van der Waals surface area contributed by atoms with E-state index in [-0.39, 0.29) is 30.1 Å². The molecular weight excluding hydrogens is 314 g/mol. The number of esters is 1. The summed E-state index contributed by atoms with van der Waals surface area (Å²) in [5.74, 6) is 1.83. The van der Waals surface area contributed by atoms with Crippen LogP contribution in [0.25, 0.3) is 0 Å². The zero-order valence-corrected chi connectivity index (χ0v) is 13.5. The summed E-state index contributed by atoms with van der Waals surface area (Å²) in [6.07, 6.45) is 2.84. The van der Waals surface area contributed by atoms with Gasteiger partial charge in [-0.15, -0.1) is 0 Å². The first-order valence-corrected chi connectivity index (χ1v) is 10.2. The Kier molecular flexibility index (Phi) is 5.92. The topological polar surface area (TPSA) is 89.5 Å². The number of carbonyl (C=O) groups excluding carboxylic acids is 2. The second-order valence-electron chi connectivity index (χ2n) is 5.59. The van der Waals surface area contributed by atoms with Gasteiger partial charge in [-0.05, 0) is 36.7 Å². The molecule has 1 amide bonds. The lowest BCUT2D eigenvalue weighted by Crippen LogP contribution is -2.38. The van der Waals surface area contributed by atoms with E-state index in [4.69, 9.17) is 4.74 Å². The molecule has 0 aliphatic carbocycles. The number of hydrogen-bond donors (Lipinski definition) is 1. The Morgan fingerprint density at radius 3 is 2.52 bits per heavy atom. The number of thioether (sulfide) groups is 1. The number of nitrogens with one attached hydrogen (secondary N) is 1. The van der Waals surface area contributed by atoms with Gasteiger partial charge in [0.05, 0.1) is 11.5 Å². The minimum Gasteiger partial charge on any atom is -0.456 e. The van der Waals surface area contributed by atoms with Crippen LogP contribution in [0.5, 0.6) is 0 Å². The van der Waals surface area contributed by atoms with Gasteiger partial charge < -0.3 is 10.1 Å². The zero-order valence-electron chi connectivity index (χ0n) is 11.9. The number of rotatable bonds is 5. The SMILES string of the molecule is O=C(COC(=O)CC1CCSCC1)N[C@H]1CCS(=O)(=O)C1. The van der Waals surface area contributed by atoms with Gasteiger partial charge in [0.25, 0.3) is 5.91 Å². The molecule has 0 bridgehead atoms. The van der Waals surface area contributed by atoms with Gasteiger partial charge in [0.2, 0.25) is 0 Å². The van der Waals surface area contributed by atoms with E-state index >= 15 is 0 Å². The maximum atomic E-state index is 11.7. The average Bonchev–Trinajstić information content (AvgIpc) is 2.77. The Morgan fingerprint density at radius 2 is 1.90 bits per heavy atom. The Hall–Kier alpha value is -0.760. The van der Waals surface area contributed by atoms with Gasteiger partial charge >= 0.3 is 5.97 Å². The van der Waals surface area contributed by atoms with Crippen molar-refractivity contribution < 1.29 is 22.7 Å². The highest BCUT2D eigenvalue weighted by atomic mass is 32.2. The first kappa shape index (κ1) is 16.6. The largest absolute Gasteiger partial charge is 0.456 e. The molecule has 2 aliphatic rings. The van der Waals surface area contributed by atoms with E-state index in [0.29, 0.717) is 18.8 Å². The predicted molar refractivity (Wildman–Crippen MR) is 80.8 cm³/mol. The smallest absolute Gasteiger partial charge is 0.306 e. The minimum absolute atomic E-state index is 0.0214. The lowest BCUT2D eigenvalue weighted by atomic mass is 9.99. The molecule has 0 aromatic rings. The van der Waals surface area contributed by atoms with Crippen LogP contribution >= 0.6 is 11.8 Å². The zero-order chi connectivity index (χ0) is 15.3. The van der Waals surface area contributed by atoms with Crippen LogP contribution in [-0.2, 0) is 24.2 Å². The van der Waals surface area contributed by atoms with Crippen LogP contribution in [0.15, 0.2) is 0 Å². The molecule has 0 radical (unpaired) electrons. The second kappa shape index (κ2) is 7.49. The second-order valence-corrected chi connectivity index (χ2v) is 9.04. The number of sulfone groups is 1. The molecule has 0 spiro atoms. The highest BCUT2D eigenvalue weighted by Crippen LogP contribution is 2.25. The Morgan fingerprint density at radius 1 is 1.19 bits per heavy atom. The van der Waals surface area contributed by atoms with Crippen molar-refractivity contribution in [2.45, 2.75) is 31.7 Å². The summed E-state index contributed by atoms with van der Waals surface area (Å²) in [5.41, 5.74) is 0. The van der Waals surface area contributed by atoms with Crippen LogP contribution in [0.2, 0.25) is 0 Å². The van der Waals surface area contributed by atoms with Crippen LogP contribution in [0, 0.1) is 5.92 Å². The fraction of sp³-hybridized carbons (Fsp3) is 0.846. The number of ether oxygens (including phenoxy) is 1. The molecule has 1 N–H and O–H groups in total. The monoisotopic (exact) mass is 335 g/mol. The highest BCUT2D eigenvalue weighted by molar-refractivity contribution is 7.99. The van der Waals surface area contributed by atoms with Crippen LogP contribution in [0.4, 0.5) is 0 Å². The third-order valence-corrected chi connectivity index (χ3v) is 6.57. The summed E-state index contributed by atoms with van der Waals surface area (Å²) < 4.78 is 27.5. The molecule has 0 saturated carbocycles. The Bertz CT molecular complexity index is 485. The maximum Gasteiger partial charge on any atom is 0.306 e. The van der Waals surface area contributed by atoms with E-state index in [9.17, 15) is 18.0 Å². The normalized spacial score (nSPS) is 25.4. The molecule has 0 unspecified atom stereocenters. The minimum atomic E-state index is -3.02. The number of carbonyl (C=O) groups is 2. The van der Waals surface area contributed by atoms with Gasteiger partial charge in [-0.1, -0.05) is 0 Å². The first-order valence-electron chi connectivity index (χ1n) is 7.18. The number of hydrogen-bond acceptors (Lipinski definition) is 6. The van der Waals surface area contributed by atoms with E-state index in [2.05, 4.69) is 5.32 Å². The quantitative estimate of drug-likeness (QED) is 0.730. The van der Waals surface area contributed by atoms with Crippen molar-refractivity contribution >= 4 is 33.5 Å². The molecule has 1 atom stereocenters. The van der Waals surface area contributed by atoms with E-state index in [1.165, 1.54) is 0 Å². The molecule has 21 heavy (non-hydrogen) atoms. The van der Waals surface area contributed by atoms with Crippen molar-refractivity contribution in [3.63, 3.8) is 0 Å². The van der Waals surface area contributed by atoms with Crippen molar-refractivity contribution in [2.24, 2.45) is 5.92 Å². The van der Waals surface area contributed by atoms with Crippen molar-refractivity contribution in [3.8, 4) is 0 Å². The molecule has 6 nitrogen and oxygen atoms in total. The third kappa shape index (κ3) is 5.86. The summed E-state index contributed by atoms with van der Waals surface area (Å²) in [5, 5.41) is 2.59. The predicted octanol–water partition coefficient (Wildman–Crippen LogP) is 0.366. The van der Waals surface area contributed by atoms with Gasteiger partial charge in [0.1, 0.15) is 0 Å². The Balaban J connectivity index is 1.63. The molecule has 2 fully saturated rings. The molecule has 2 aliphatic heterocycles. The lowest BCUT2D eigenvalue weighted by molar-refractivity contribution is -0.149. The molecule has 8 heteroatoms. The average molecular weight is 335 g/mol. The summed E-state index contributed by atoms with van der Waals surface area (Å²) in [6, 6.07) is -0.350. The number of amides is 1. The lowest BCUT2D eigenvalue weighted by Gasteiger charge is -2.20. The van der Waals surface area contributed by atoms with Gasteiger partial charge in [-0.2, -0.15) is 11.8 Å². The fourth-order valence-electron chi connectivity index (χ4n) is 2.57. The summed E-state index contributed by atoms with van der Waals surface area (Å²) >= 11 is 1.90. The summed E-state index contributed by atoms with van der Waals surface area (Å²) in [6.45, 7) is -0.323. The van der Waals surface area contributed by atoms with Gasteiger partial charge in [0, 0.05) is 12.5 Å². The molecule has 0 aromatic carbocycles. The van der Waals surface area contributed by atoms with Gasteiger partial charge in [-0.3, -0.25) is 9.59 Å². The van der Waals surface area contributed by atoms with Crippen LogP contribution < -0.4 is 5.32 Å². The van der Waals surface area contributed by atoms with E-state index in [1.807, 2.05) is 11.8 Å². The van der Waals surface area contributed by atoms with E-state index in [1.54, 1.807) is 0 Å². The molecule has 2 heterocycles. The van der Waals surface area contributed by atoms with Crippen molar-refractivity contribution in [2.75, 3.05) is 29.6 Å². The molecule has 2 saturated heterocycles. The van der Waals surface area contributed by atoms with Crippen molar-refractivity contribution in [3.05, 3.63) is 0 Å². The fourth-order valence-corrected chi connectivity index (χ4v) is 5.45. The van der Waals surface area contributed by atoms with Gasteiger partial charge in [-0.25, -0.2) is 8.42 Å². The third-order valence-electron chi connectivity index (χ3n) is 3.76. The standard InChI is InChI=1S/C13H21NO5S2/c15-12(14-11-3-6-21(17,18)9-11)8-19-13(16)7-10-1-4-20-5-2-10/h10-11H,1-9H2,(H,14,15)/t11-/m0/s1. The van der Waals surface area contributed by atoms with Crippen LogP contribution in [0.3, 0.4) is 0 Å². The highest BCUT2D eigenvalue weighted by Gasteiger charge is 2.29. The van der Waals surface area contributed by atoms with E-state index in [0.717, 1.165) is 24.3 Å². The van der Waals surface area contributed by atoms with Crippen LogP contribution in [-0.4, -0.2) is 56.0 Å². The van der Waals surface area contributed by atoms with Crippen molar-refractivity contribution in [1.29, 1.82) is 0 Å². The van der Waals surface area contributed by atoms with Crippen LogP contribution in [0.1, 0.15) is 25.7 Å². The maximum absolute atomic E-state index is 11.7. The molecule has 120 valence electrons. The summed E-state index contributed by atoms with van der Waals surface area (Å²) in [4.78, 5) is 23.3. The Labute approximate surface area is 129 Å². The summed E-state index contributed by atoms with van der Waals surface area (Å²) in [7, 11) is -3.02. The molecule has 2 rings (SSSR count).